The van der Waals surface area contributed by atoms with Gasteiger partial charge in [-0.25, -0.2) is 0 Å². The lowest BCUT2D eigenvalue weighted by atomic mass is 10.0. The Hall–Kier alpha value is -2.28. The summed E-state index contributed by atoms with van der Waals surface area (Å²) in [5, 5.41) is 7.25. The molecule has 0 aliphatic carbocycles. The van der Waals surface area contributed by atoms with Crippen LogP contribution in [0.2, 0.25) is 5.22 Å². The number of aromatic nitrogens is 1. The molecule has 0 unspecified atom stereocenters. The van der Waals surface area contributed by atoms with Crippen LogP contribution in [0.5, 0.6) is 0 Å². The van der Waals surface area contributed by atoms with Gasteiger partial charge in [-0.2, -0.15) is 0 Å². The van der Waals surface area contributed by atoms with Crippen LogP contribution in [-0.4, -0.2) is 24.2 Å². The molecule has 2 aromatic heterocycles. The normalized spacial score (nSPS) is 10.4. The Bertz CT molecular complexity index is 862. The van der Waals surface area contributed by atoms with Crippen LogP contribution in [0.1, 0.15) is 18.6 Å². The third-order valence-electron chi connectivity index (χ3n) is 3.91. The highest BCUT2D eigenvalue weighted by Gasteiger charge is 2.23. The SMILES string of the molecule is Cl.NCCCCNC(=O)Cc1onc(-c2ccc(Cl)o2)c1-c1ccccc1. The van der Waals surface area contributed by atoms with Crippen molar-refractivity contribution in [3.63, 3.8) is 0 Å². The fraction of sp³-hybridized carbons (Fsp3) is 0.263. The Kier molecular flexibility index (Phi) is 7.91. The quantitative estimate of drug-likeness (QED) is 0.546. The first-order chi connectivity index (χ1) is 12.7. The van der Waals surface area contributed by atoms with Crippen molar-refractivity contribution in [2.24, 2.45) is 5.73 Å². The molecule has 0 fully saturated rings. The minimum atomic E-state index is -0.126. The molecule has 0 spiro atoms. The summed E-state index contributed by atoms with van der Waals surface area (Å²) in [6.07, 6.45) is 1.82. The first kappa shape index (κ1) is 21.0. The van der Waals surface area contributed by atoms with Crippen molar-refractivity contribution in [1.29, 1.82) is 0 Å². The van der Waals surface area contributed by atoms with E-state index in [0.29, 0.717) is 30.3 Å². The third-order valence-corrected chi connectivity index (χ3v) is 4.11. The zero-order chi connectivity index (χ0) is 18.4. The number of carbonyl (C=O) groups excluding carboxylic acids is 1. The minimum Gasteiger partial charge on any atom is -0.443 e. The summed E-state index contributed by atoms with van der Waals surface area (Å²) in [5.41, 5.74) is 7.60. The summed E-state index contributed by atoms with van der Waals surface area (Å²) in [6, 6.07) is 13.0. The van der Waals surface area contributed by atoms with Crippen molar-refractivity contribution in [2.45, 2.75) is 19.3 Å². The van der Waals surface area contributed by atoms with Crippen molar-refractivity contribution in [1.82, 2.24) is 10.5 Å². The van der Waals surface area contributed by atoms with Gasteiger partial charge in [0.05, 0.1) is 12.0 Å². The summed E-state index contributed by atoms with van der Waals surface area (Å²) in [6.45, 7) is 1.21. The third kappa shape index (κ3) is 5.35. The van der Waals surface area contributed by atoms with Gasteiger partial charge in [-0.15, -0.1) is 12.4 Å². The van der Waals surface area contributed by atoms with Crippen LogP contribution in [0, 0.1) is 0 Å². The fourth-order valence-corrected chi connectivity index (χ4v) is 2.81. The van der Waals surface area contributed by atoms with Gasteiger partial charge in [0.1, 0.15) is 0 Å². The second-order valence-corrected chi connectivity index (χ2v) is 6.19. The molecule has 0 aliphatic rings. The van der Waals surface area contributed by atoms with E-state index >= 15 is 0 Å². The zero-order valence-corrected chi connectivity index (χ0v) is 16.2. The highest BCUT2D eigenvalue weighted by Crippen LogP contribution is 2.36. The van der Waals surface area contributed by atoms with Crippen LogP contribution in [-0.2, 0) is 11.2 Å². The summed E-state index contributed by atoms with van der Waals surface area (Å²) in [5.74, 6) is 0.849. The smallest absolute Gasteiger partial charge is 0.227 e. The predicted octanol–water partition coefficient (Wildman–Crippen LogP) is 4.07. The van der Waals surface area contributed by atoms with Crippen LogP contribution in [0.15, 0.2) is 51.4 Å². The summed E-state index contributed by atoms with van der Waals surface area (Å²) in [7, 11) is 0. The Balaban J connectivity index is 0.00000261. The van der Waals surface area contributed by atoms with Crippen LogP contribution >= 0.6 is 24.0 Å². The van der Waals surface area contributed by atoms with Crippen LogP contribution < -0.4 is 11.1 Å². The number of rotatable bonds is 8. The van der Waals surface area contributed by atoms with Crippen molar-refractivity contribution in [3.05, 3.63) is 53.4 Å². The number of nitrogens with one attached hydrogen (secondary N) is 1. The van der Waals surface area contributed by atoms with Gasteiger partial charge in [0.25, 0.3) is 0 Å². The lowest BCUT2D eigenvalue weighted by molar-refractivity contribution is -0.120. The van der Waals surface area contributed by atoms with E-state index in [1.54, 1.807) is 12.1 Å². The van der Waals surface area contributed by atoms with Crippen molar-refractivity contribution < 1.29 is 13.7 Å². The van der Waals surface area contributed by atoms with Gasteiger partial charge in [-0.1, -0.05) is 35.5 Å². The number of furan rings is 1. The summed E-state index contributed by atoms with van der Waals surface area (Å²) < 4.78 is 11.0. The molecule has 0 aliphatic heterocycles. The van der Waals surface area contributed by atoms with E-state index in [0.717, 1.165) is 24.0 Å². The zero-order valence-electron chi connectivity index (χ0n) is 14.6. The first-order valence-electron chi connectivity index (χ1n) is 8.45. The molecule has 6 nitrogen and oxygen atoms in total. The van der Waals surface area contributed by atoms with Crippen molar-refractivity contribution in [2.75, 3.05) is 13.1 Å². The Morgan fingerprint density at radius 3 is 2.59 bits per heavy atom. The van der Waals surface area contributed by atoms with E-state index < -0.39 is 0 Å². The van der Waals surface area contributed by atoms with Gasteiger partial charge in [0.15, 0.2) is 22.4 Å². The maximum Gasteiger partial charge on any atom is 0.227 e. The molecule has 0 atom stereocenters. The van der Waals surface area contributed by atoms with Crippen LogP contribution in [0.25, 0.3) is 22.6 Å². The topological polar surface area (TPSA) is 94.3 Å². The van der Waals surface area contributed by atoms with Gasteiger partial charge < -0.3 is 20.0 Å². The molecule has 1 amide bonds. The molecule has 3 aromatic rings. The van der Waals surface area contributed by atoms with Gasteiger partial charge >= 0.3 is 0 Å². The van der Waals surface area contributed by atoms with E-state index in [-0.39, 0.29) is 30.0 Å². The summed E-state index contributed by atoms with van der Waals surface area (Å²) >= 11 is 5.88. The van der Waals surface area contributed by atoms with Gasteiger partial charge in [-0.05, 0) is 48.7 Å². The number of nitrogens with zero attached hydrogens (tertiary/aromatic N) is 1. The Morgan fingerprint density at radius 2 is 1.93 bits per heavy atom. The minimum absolute atomic E-state index is 0. The fourth-order valence-electron chi connectivity index (χ4n) is 2.66. The average Bonchev–Trinajstić information content (AvgIpc) is 3.25. The number of halogens is 2. The standard InChI is InChI=1S/C19H20ClN3O3.ClH/c20-16-9-8-14(25-16)19-18(13-6-2-1-3-7-13)15(26-23-19)12-17(24)22-11-5-4-10-21;/h1-3,6-9H,4-5,10-12,21H2,(H,22,24);1H. The molecule has 0 saturated carbocycles. The highest BCUT2D eigenvalue weighted by molar-refractivity contribution is 6.29. The lowest BCUT2D eigenvalue weighted by Gasteiger charge is -2.05. The molecule has 8 heteroatoms. The molecule has 27 heavy (non-hydrogen) atoms. The number of hydrogen-bond acceptors (Lipinski definition) is 5. The molecule has 2 heterocycles. The molecule has 3 N–H and O–H groups in total. The number of benzene rings is 1. The van der Waals surface area contributed by atoms with E-state index in [1.165, 1.54) is 0 Å². The predicted molar refractivity (Wildman–Crippen MR) is 107 cm³/mol. The van der Waals surface area contributed by atoms with E-state index in [4.69, 9.17) is 26.3 Å². The molecule has 3 rings (SSSR count). The number of hydrogen-bond donors (Lipinski definition) is 2. The number of carbonyl (C=O) groups is 1. The molecular weight excluding hydrogens is 389 g/mol. The lowest BCUT2D eigenvalue weighted by Crippen LogP contribution is -2.26. The first-order valence-corrected chi connectivity index (χ1v) is 8.83. The molecular formula is C19H21Cl2N3O3. The maximum absolute atomic E-state index is 12.2. The molecule has 144 valence electrons. The number of nitrogens with two attached hydrogens (primary N) is 1. The molecule has 0 bridgehead atoms. The van der Waals surface area contributed by atoms with E-state index in [1.807, 2.05) is 30.3 Å². The van der Waals surface area contributed by atoms with Gasteiger partial charge in [0, 0.05) is 6.54 Å². The van der Waals surface area contributed by atoms with Crippen molar-refractivity contribution in [3.8, 4) is 22.6 Å². The van der Waals surface area contributed by atoms with Crippen LogP contribution in [0.3, 0.4) is 0 Å². The highest BCUT2D eigenvalue weighted by atomic mass is 35.5. The number of unbranched alkanes of at least 4 members (excludes halogenated alkanes) is 1. The monoisotopic (exact) mass is 409 g/mol. The molecule has 0 saturated heterocycles. The van der Waals surface area contributed by atoms with Gasteiger partial charge in [0.2, 0.25) is 5.91 Å². The maximum atomic E-state index is 12.2. The number of amides is 1. The second kappa shape index (κ2) is 10.2. The Morgan fingerprint density at radius 1 is 1.15 bits per heavy atom. The Labute approximate surface area is 168 Å². The largest absolute Gasteiger partial charge is 0.443 e. The van der Waals surface area contributed by atoms with Crippen molar-refractivity contribution >= 4 is 29.9 Å². The van der Waals surface area contributed by atoms with Crippen LogP contribution in [0.4, 0.5) is 0 Å². The van der Waals surface area contributed by atoms with E-state index in [9.17, 15) is 4.79 Å². The molecule has 0 radical (unpaired) electrons. The molecule has 1 aromatic carbocycles. The average molecular weight is 410 g/mol. The summed E-state index contributed by atoms with van der Waals surface area (Å²) in [4.78, 5) is 12.2. The van der Waals surface area contributed by atoms with E-state index in [2.05, 4.69) is 10.5 Å². The second-order valence-electron chi connectivity index (χ2n) is 5.82. The van der Waals surface area contributed by atoms with Gasteiger partial charge in [-0.3, -0.25) is 4.79 Å².